The molecule has 1 aromatic carbocycles. The summed E-state index contributed by atoms with van der Waals surface area (Å²) in [4.78, 5) is 31.7. The number of likely N-dealkylation sites (tertiary alicyclic amines) is 1. The molecule has 4 N–H and O–H groups in total. The molecule has 154 valence electrons. The summed E-state index contributed by atoms with van der Waals surface area (Å²) in [5.74, 6) is -0.478. The molecule has 2 atom stereocenters. The van der Waals surface area contributed by atoms with Gasteiger partial charge in [-0.3, -0.25) is 9.59 Å². The highest BCUT2D eigenvalue weighted by molar-refractivity contribution is 6.39. The molecule has 29 heavy (non-hydrogen) atoms. The maximum absolute atomic E-state index is 13.2. The first-order chi connectivity index (χ1) is 13.7. The Balaban J connectivity index is 1.88. The lowest BCUT2D eigenvalue weighted by Crippen LogP contribution is -2.55. The molecule has 2 aromatic rings. The minimum atomic E-state index is -0.666. The van der Waals surface area contributed by atoms with Crippen molar-refractivity contribution in [2.45, 2.75) is 39.2 Å². The summed E-state index contributed by atoms with van der Waals surface area (Å²) < 4.78 is 0. The van der Waals surface area contributed by atoms with Gasteiger partial charge in [0.25, 0.3) is 0 Å². The summed E-state index contributed by atoms with van der Waals surface area (Å²) in [5, 5.41) is 5.81. The zero-order valence-corrected chi connectivity index (χ0v) is 17.5. The monoisotopic (exact) mass is 395 g/mol. The van der Waals surface area contributed by atoms with Gasteiger partial charge in [0.2, 0.25) is 0 Å². The van der Waals surface area contributed by atoms with Gasteiger partial charge in [0.1, 0.15) is 5.82 Å². The molecule has 0 bridgehead atoms. The van der Waals surface area contributed by atoms with Crippen LogP contribution in [0, 0.1) is 12.8 Å². The molecule has 2 amide bonds. The molecular formula is C22H29N5O2. The van der Waals surface area contributed by atoms with Crippen LogP contribution in [0.2, 0.25) is 0 Å². The van der Waals surface area contributed by atoms with Crippen LogP contribution in [-0.4, -0.2) is 35.3 Å². The average Bonchev–Trinajstić information content (AvgIpc) is 2.72. The van der Waals surface area contributed by atoms with E-state index in [1.807, 2.05) is 38.2 Å². The van der Waals surface area contributed by atoms with E-state index in [1.54, 1.807) is 17.9 Å². The molecule has 7 heteroatoms. The fraction of sp³-hybridized carbons (Fsp3) is 0.409. The summed E-state index contributed by atoms with van der Waals surface area (Å²) in [7, 11) is 1.86. The number of piperidine rings is 1. The molecule has 0 unspecified atom stereocenters. The second kappa shape index (κ2) is 8.11. The first-order valence-corrected chi connectivity index (χ1v) is 9.88. The molecule has 7 nitrogen and oxygen atoms in total. The van der Waals surface area contributed by atoms with Crippen molar-refractivity contribution in [1.82, 2.24) is 9.88 Å². The first kappa shape index (κ1) is 20.6. The number of benzene rings is 1. The van der Waals surface area contributed by atoms with E-state index in [0.717, 1.165) is 29.7 Å². The van der Waals surface area contributed by atoms with Gasteiger partial charge in [-0.05, 0) is 61.9 Å². The van der Waals surface area contributed by atoms with Crippen molar-refractivity contribution in [2.24, 2.45) is 5.92 Å². The number of rotatable bonds is 3. The lowest BCUT2D eigenvalue weighted by Gasteiger charge is -2.47. The van der Waals surface area contributed by atoms with Crippen molar-refractivity contribution in [2.75, 3.05) is 30.0 Å². The van der Waals surface area contributed by atoms with Crippen LogP contribution < -0.4 is 16.4 Å². The Labute approximate surface area is 171 Å². The molecule has 2 heterocycles. The van der Waals surface area contributed by atoms with E-state index in [9.17, 15) is 9.59 Å². The number of nitrogens with zero attached hydrogens (tertiary/aromatic N) is 2. The van der Waals surface area contributed by atoms with E-state index in [2.05, 4.69) is 22.5 Å². The second-order valence-electron chi connectivity index (χ2n) is 8.04. The number of nitrogens with one attached hydrogen (secondary N) is 2. The molecule has 1 aliphatic rings. The number of anilines is 3. The molecule has 3 rings (SSSR count). The highest BCUT2D eigenvalue weighted by atomic mass is 16.2. The standard InChI is InChI=1S/C22H29N5O2/c1-14-8-9-22(3,16-6-5-7-17(11-16)24-4)27(13-14)21(29)20(28)26-18-10-15(2)19(23)25-12-18/h5-7,10-12,14,24H,8-9,13H2,1-4H3,(H2,23,25)(H,26,28)/t14-,22-/m0/s1. The second-order valence-corrected chi connectivity index (χ2v) is 8.04. The number of hydrogen-bond donors (Lipinski definition) is 3. The Bertz CT molecular complexity index is 929. The third-order valence-corrected chi connectivity index (χ3v) is 5.80. The van der Waals surface area contributed by atoms with E-state index >= 15 is 0 Å². The smallest absolute Gasteiger partial charge is 0.313 e. The van der Waals surface area contributed by atoms with Gasteiger partial charge in [-0.15, -0.1) is 0 Å². The minimum Gasteiger partial charge on any atom is -0.388 e. The van der Waals surface area contributed by atoms with Crippen molar-refractivity contribution < 1.29 is 9.59 Å². The highest BCUT2D eigenvalue weighted by Gasteiger charge is 2.43. The number of nitrogens with two attached hydrogens (primary N) is 1. The normalized spacial score (nSPS) is 21.5. The summed E-state index contributed by atoms with van der Waals surface area (Å²) in [6, 6.07) is 9.72. The summed E-state index contributed by atoms with van der Waals surface area (Å²) in [5.41, 5.74) is 8.37. The summed E-state index contributed by atoms with van der Waals surface area (Å²) >= 11 is 0. The molecule has 0 aliphatic carbocycles. The number of aromatic nitrogens is 1. The highest BCUT2D eigenvalue weighted by Crippen LogP contribution is 2.40. The van der Waals surface area contributed by atoms with E-state index in [-0.39, 0.29) is 0 Å². The number of hydrogen-bond acceptors (Lipinski definition) is 5. The van der Waals surface area contributed by atoms with Crippen LogP contribution in [-0.2, 0) is 15.1 Å². The third kappa shape index (κ3) is 4.18. The predicted molar refractivity (Wildman–Crippen MR) is 115 cm³/mol. The van der Waals surface area contributed by atoms with E-state index < -0.39 is 17.4 Å². The lowest BCUT2D eigenvalue weighted by atomic mass is 9.79. The van der Waals surface area contributed by atoms with E-state index in [4.69, 9.17) is 5.73 Å². The molecular weight excluding hydrogens is 366 g/mol. The fourth-order valence-corrected chi connectivity index (χ4v) is 3.84. The molecule has 1 saturated heterocycles. The number of aryl methyl sites for hydroxylation is 1. The number of nitrogen functional groups attached to an aromatic ring is 1. The van der Waals surface area contributed by atoms with E-state index in [0.29, 0.717) is 24.0 Å². The molecule has 1 aromatic heterocycles. The first-order valence-electron chi connectivity index (χ1n) is 9.88. The number of amides is 2. The largest absolute Gasteiger partial charge is 0.388 e. The van der Waals surface area contributed by atoms with Crippen LogP contribution >= 0.6 is 0 Å². The Morgan fingerprint density at radius 1 is 1.28 bits per heavy atom. The molecule has 0 radical (unpaired) electrons. The van der Waals surface area contributed by atoms with Crippen LogP contribution in [0.4, 0.5) is 17.2 Å². The van der Waals surface area contributed by atoms with Gasteiger partial charge in [0.15, 0.2) is 0 Å². The SMILES string of the molecule is CNc1cccc([C@]2(C)CC[C@H](C)CN2C(=O)C(=O)Nc2cnc(N)c(C)c2)c1. The maximum atomic E-state index is 13.2. The van der Waals surface area contributed by atoms with E-state index in [1.165, 1.54) is 6.20 Å². The Hall–Kier alpha value is -3.09. The van der Waals surface area contributed by atoms with Crippen molar-refractivity contribution in [3.8, 4) is 0 Å². The molecule has 0 spiro atoms. The van der Waals surface area contributed by atoms with Crippen molar-refractivity contribution in [3.63, 3.8) is 0 Å². The van der Waals surface area contributed by atoms with Crippen LogP contribution in [0.3, 0.4) is 0 Å². The van der Waals surface area contributed by atoms with Crippen LogP contribution in [0.15, 0.2) is 36.5 Å². The van der Waals surface area contributed by atoms with Gasteiger partial charge in [0, 0.05) is 19.3 Å². The molecule has 1 fully saturated rings. The Morgan fingerprint density at radius 2 is 2.03 bits per heavy atom. The minimum absolute atomic E-state index is 0.327. The van der Waals surface area contributed by atoms with Crippen LogP contribution in [0.1, 0.15) is 37.8 Å². The summed E-state index contributed by atoms with van der Waals surface area (Å²) in [6.45, 7) is 6.48. The van der Waals surface area contributed by atoms with Crippen molar-refractivity contribution >= 4 is 29.0 Å². The number of carbonyl (C=O) groups is 2. The summed E-state index contributed by atoms with van der Waals surface area (Å²) in [6.07, 6.45) is 3.25. The Morgan fingerprint density at radius 3 is 2.72 bits per heavy atom. The van der Waals surface area contributed by atoms with Crippen LogP contribution in [0.5, 0.6) is 0 Å². The van der Waals surface area contributed by atoms with Gasteiger partial charge in [-0.25, -0.2) is 4.98 Å². The average molecular weight is 396 g/mol. The molecule has 1 aliphatic heterocycles. The third-order valence-electron chi connectivity index (χ3n) is 5.80. The zero-order chi connectivity index (χ0) is 21.2. The topological polar surface area (TPSA) is 100 Å². The zero-order valence-electron chi connectivity index (χ0n) is 17.5. The fourth-order valence-electron chi connectivity index (χ4n) is 3.84. The molecule has 0 saturated carbocycles. The van der Waals surface area contributed by atoms with Crippen LogP contribution in [0.25, 0.3) is 0 Å². The van der Waals surface area contributed by atoms with Gasteiger partial charge in [0.05, 0.1) is 17.4 Å². The number of pyridine rings is 1. The Kier molecular flexibility index (Phi) is 5.77. The van der Waals surface area contributed by atoms with Gasteiger partial charge in [-0.2, -0.15) is 0 Å². The van der Waals surface area contributed by atoms with Crippen molar-refractivity contribution in [3.05, 3.63) is 47.7 Å². The van der Waals surface area contributed by atoms with Gasteiger partial charge < -0.3 is 21.3 Å². The number of carbonyl (C=O) groups excluding carboxylic acids is 2. The lowest BCUT2D eigenvalue weighted by molar-refractivity contribution is -0.150. The van der Waals surface area contributed by atoms with Crippen molar-refractivity contribution in [1.29, 1.82) is 0 Å². The predicted octanol–water partition coefficient (Wildman–Crippen LogP) is 3.13. The maximum Gasteiger partial charge on any atom is 0.313 e. The quantitative estimate of drug-likeness (QED) is 0.693. The van der Waals surface area contributed by atoms with Gasteiger partial charge in [-0.1, -0.05) is 19.1 Å². The van der Waals surface area contributed by atoms with Gasteiger partial charge >= 0.3 is 11.8 Å².